The van der Waals surface area contributed by atoms with Crippen molar-refractivity contribution < 1.29 is 29.3 Å². The molecule has 2 rings (SSSR count). The van der Waals surface area contributed by atoms with Gasteiger partial charge in [-0.2, -0.15) is 0 Å². The van der Waals surface area contributed by atoms with Crippen LogP contribution >= 0.6 is 0 Å². The van der Waals surface area contributed by atoms with E-state index in [1.165, 1.54) is 0 Å². The molecule has 6 nitrogen and oxygen atoms in total. The number of hydrogen-bond acceptors (Lipinski definition) is 6. The van der Waals surface area contributed by atoms with Gasteiger partial charge in [-0.3, -0.25) is 4.79 Å². The second-order valence-corrected chi connectivity index (χ2v) is 16.0. The number of Topliss-reactive ketones (excluding diaryl/α,β-unsaturated/α-hetero) is 1. The molecule has 0 heterocycles. The molecule has 0 saturated carbocycles. The molecule has 2 aromatic rings. The molecule has 0 spiro atoms. The van der Waals surface area contributed by atoms with Gasteiger partial charge in [0.05, 0.1) is 6.61 Å². The van der Waals surface area contributed by atoms with Crippen LogP contribution in [0.1, 0.15) is 151 Å². The van der Waals surface area contributed by atoms with Crippen molar-refractivity contribution >= 4 is 11.8 Å². The maximum absolute atomic E-state index is 11.8. The summed E-state index contributed by atoms with van der Waals surface area (Å²) in [5.74, 6) is 0.737. The number of ketones is 1. The predicted octanol–water partition coefficient (Wildman–Crippen LogP) is 9.89. The zero-order chi connectivity index (χ0) is 34.3. The molecule has 0 aliphatic rings. The van der Waals surface area contributed by atoms with Crippen molar-refractivity contribution in [3.05, 3.63) is 57.6 Å². The van der Waals surface area contributed by atoms with E-state index in [9.17, 15) is 19.8 Å². The summed E-state index contributed by atoms with van der Waals surface area (Å²) >= 11 is 0. The lowest BCUT2D eigenvalue weighted by atomic mass is 9.78. The van der Waals surface area contributed by atoms with E-state index < -0.39 is 0 Å². The molecular formula is C40H68O6. The topological polar surface area (TPSA) is 93.1 Å². The van der Waals surface area contributed by atoms with Crippen LogP contribution in [-0.2, 0) is 53.6 Å². The standard InChI is InChI=1S/C20H32O4.C18H28O2.2CH4/c1-19(2,3)15-12-14(8-9-17(21)24-11-10-23-7)13-16(18(15)22)20(4,5)6;1-12(19)8-9-13-10-14(17(2,3)4)16(20)15(11-13)18(5,6)7;;/h12-13,22H,8-11H2,1-7H3;10-11,20H,8-9H2,1-7H3;2*1H4. The molecule has 0 amide bonds. The van der Waals surface area contributed by atoms with Crippen molar-refractivity contribution in [3.63, 3.8) is 0 Å². The van der Waals surface area contributed by atoms with E-state index in [0.29, 0.717) is 37.4 Å². The number of esters is 1. The molecule has 2 aromatic carbocycles. The van der Waals surface area contributed by atoms with E-state index in [-0.39, 0.29) is 54.9 Å². The van der Waals surface area contributed by atoms with E-state index in [0.717, 1.165) is 39.8 Å². The van der Waals surface area contributed by atoms with Gasteiger partial charge in [0.25, 0.3) is 0 Å². The summed E-state index contributed by atoms with van der Waals surface area (Å²) in [5, 5.41) is 21.3. The number of phenols is 2. The van der Waals surface area contributed by atoms with Crippen molar-refractivity contribution in [2.75, 3.05) is 20.3 Å². The fourth-order valence-corrected chi connectivity index (χ4v) is 4.84. The van der Waals surface area contributed by atoms with Gasteiger partial charge in [0, 0.05) is 20.0 Å². The Hall–Kier alpha value is -2.86. The lowest BCUT2D eigenvalue weighted by Gasteiger charge is -2.28. The number of aromatic hydroxyl groups is 2. The van der Waals surface area contributed by atoms with Gasteiger partial charge >= 0.3 is 5.97 Å². The maximum atomic E-state index is 11.8. The molecule has 0 atom stereocenters. The van der Waals surface area contributed by atoms with Crippen LogP contribution < -0.4 is 0 Å². The Morgan fingerprint density at radius 1 is 0.587 bits per heavy atom. The highest BCUT2D eigenvalue weighted by Gasteiger charge is 2.28. The van der Waals surface area contributed by atoms with Gasteiger partial charge in [-0.15, -0.1) is 0 Å². The van der Waals surface area contributed by atoms with Crippen LogP contribution in [0.25, 0.3) is 0 Å². The molecular weight excluding hydrogens is 576 g/mol. The monoisotopic (exact) mass is 645 g/mol. The molecule has 0 aromatic heterocycles. The summed E-state index contributed by atoms with van der Waals surface area (Å²) < 4.78 is 9.98. The number of carbonyl (C=O) groups excluding carboxylic acids is 2. The third-order valence-corrected chi connectivity index (χ3v) is 7.51. The highest BCUT2D eigenvalue weighted by Crippen LogP contribution is 2.41. The van der Waals surface area contributed by atoms with E-state index in [4.69, 9.17) is 9.47 Å². The van der Waals surface area contributed by atoms with Gasteiger partial charge in [0.2, 0.25) is 0 Å². The number of hydrogen-bond donors (Lipinski definition) is 2. The zero-order valence-corrected chi connectivity index (χ0v) is 30.1. The number of methoxy groups -OCH3 is 1. The van der Waals surface area contributed by atoms with Crippen LogP contribution in [0.15, 0.2) is 24.3 Å². The minimum Gasteiger partial charge on any atom is -0.507 e. The Morgan fingerprint density at radius 3 is 1.15 bits per heavy atom. The van der Waals surface area contributed by atoms with Crippen LogP contribution in [0.4, 0.5) is 0 Å². The predicted molar refractivity (Wildman–Crippen MR) is 195 cm³/mol. The van der Waals surface area contributed by atoms with Crippen LogP contribution in [0.5, 0.6) is 11.5 Å². The van der Waals surface area contributed by atoms with E-state index in [2.05, 4.69) is 83.1 Å². The van der Waals surface area contributed by atoms with E-state index in [1.54, 1.807) is 14.0 Å². The van der Waals surface area contributed by atoms with Crippen LogP contribution in [0.2, 0.25) is 0 Å². The molecule has 264 valence electrons. The summed E-state index contributed by atoms with van der Waals surface area (Å²) in [6.45, 7) is 27.4. The van der Waals surface area contributed by atoms with Gasteiger partial charge in [0.15, 0.2) is 0 Å². The van der Waals surface area contributed by atoms with Crippen LogP contribution in [-0.4, -0.2) is 42.3 Å². The Morgan fingerprint density at radius 2 is 0.891 bits per heavy atom. The minimum atomic E-state index is -0.227. The lowest BCUT2D eigenvalue weighted by Crippen LogP contribution is -2.18. The second-order valence-electron chi connectivity index (χ2n) is 16.0. The van der Waals surface area contributed by atoms with Crippen LogP contribution in [0, 0.1) is 0 Å². The van der Waals surface area contributed by atoms with Crippen molar-refractivity contribution in [1.29, 1.82) is 0 Å². The normalized spacial score (nSPS) is 11.9. The van der Waals surface area contributed by atoms with Crippen molar-refractivity contribution in [1.82, 2.24) is 0 Å². The maximum Gasteiger partial charge on any atom is 0.306 e. The first-order valence-corrected chi connectivity index (χ1v) is 15.8. The fraction of sp³-hybridized carbons (Fsp3) is 0.650. The largest absolute Gasteiger partial charge is 0.507 e. The molecule has 0 fully saturated rings. The SMILES string of the molecule is C.C.CC(=O)CCc1cc(C(C)(C)C)c(O)c(C(C)(C)C)c1.COCCOC(=O)CCc1cc(C(C)(C)C)c(O)c(C(C)(C)C)c1. The van der Waals surface area contributed by atoms with Crippen LogP contribution in [0.3, 0.4) is 0 Å². The summed E-state index contributed by atoms with van der Waals surface area (Å²) in [5.41, 5.74) is 5.37. The van der Waals surface area contributed by atoms with Gasteiger partial charge in [0.1, 0.15) is 23.9 Å². The highest BCUT2D eigenvalue weighted by atomic mass is 16.6. The van der Waals surface area contributed by atoms with Crippen molar-refractivity contribution in [2.24, 2.45) is 0 Å². The minimum absolute atomic E-state index is 0. The van der Waals surface area contributed by atoms with Gasteiger partial charge in [-0.1, -0.05) is 122 Å². The van der Waals surface area contributed by atoms with E-state index in [1.807, 2.05) is 24.3 Å². The fourth-order valence-electron chi connectivity index (χ4n) is 4.84. The van der Waals surface area contributed by atoms with Gasteiger partial charge in [-0.25, -0.2) is 0 Å². The Kier molecular flexibility index (Phi) is 17.6. The summed E-state index contributed by atoms with van der Waals surface area (Å²) in [6.07, 6.45) is 2.21. The summed E-state index contributed by atoms with van der Waals surface area (Å²) in [6, 6.07) is 8.11. The molecule has 46 heavy (non-hydrogen) atoms. The number of carbonyl (C=O) groups is 2. The number of aryl methyl sites for hydroxylation is 2. The second kappa shape index (κ2) is 17.9. The summed E-state index contributed by atoms with van der Waals surface area (Å²) in [4.78, 5) is 23.0. The first kappa shape index (κ1) is 45.3. The van der Waals surface area contributed by atoms with Crippen molar-refractivity contribution in [3.8, 4) is 11.5 Å². The number of phenolic OH excluding ortho intramolecular Hbond substituents is 2. The average molecular weight is 645 g/mol. The molecule has 0 saturated heterocycles. The molecule has 0 unspecified atom stereocenters. The third-order valence-electron chi connectivity index (χ3n) is 7.51. The Balaban J connectivity index is 0. The number of ether oxygens (including phenoxy) is 2. The quantitative estimate of drug-likeness (QED) is 0.208. The molecule has 2 N–H and O–H groups in total. The average Bonchev–Trinajstić information content (AvgIpc) is 2.85. The molecule has 0 bridgehead atoms. The third kappa shape index (κ3) is 14.3. The smallest absolute Gasteiger partial charge is 0.306 e. The van der Waals surface area contributed by atoms with Gasteiger partial charge in [-0.05, 0) is 74.8 Å². The Labute approximate surface area is 282 Å². The molecule has 0 aliphatic carbocycles. The molecule has 0 aliphatic heterocycles. The summed E-state index contributed by atoms with van der Waals surface area (Å²) in [7, 11) is 1.58. The van der Waals surface area contributed by atoms with Crippen molar-refractivity contribution in [2.45, 2.75) is 152 Å². The first-order valence-electron chi connectivity index (χ1n) is 15.8. The van der Waals surface area contributed by atoms with Gasteiger partial charge < -0.3 is 24.5 Å². The Bertz CT molecular complexity index is 1190. The zero-order valence-electron chi connectivity index (χ0n) is 30.1. The number of benzene rings is 2. The number of rotatable bonds is 9. The van der Waals surface area contributed by atoms with E-state index >= 15 is 0 Å². The lowest BCUT2D eigenvalue weighted by molar-refractivity contribution is -0.144. The molecule has 0 radical (unpaired) electrons. The highest BCUT2D eigenvalue weighted by molar-refractivity contribution is 5.75. The molecule has 6 heteroatoms. The first-order chi connectivity index (χ1) is 19.9.